The number of fused-ring (bicyclic) bond motifs is 2. The van der Waals surface area contributed by atoms with Gasteiger partial charge in [0, 0.05) is 56.9 Å². The van der Waals surface area contributed by atoms with Crippen molar-refractivity contribution in [3.05, 3.63) is 88.7 Å². The van der Waals surface area contributed by atoms with Crippen molar-refractivity contribution in [3.8, 4) is 0 Å². The Labute approximate surface area is 292 Å². The summed E-state index contributed by atoms with van der Waals surface area (Å²) in [4.78, 5) is 32.1. The zero-order valence-corrected chi connectivity index (χ0v) is 28.3. The molecule has 0 aliphatic carbocycles. The van der Waals surface area contributed by atoms with E-state index in [2.05, 4.69) is 40.2 Å². The lowest BCUT2D eigenvalue weighted by molar-refractivity contribution is 0.102. The Morgan fingerprint density at radius 1 is 0.878 bits per heavy atom. The summed E-state index contributed by atoms with van der Waals surface area (Å²) in [6.07, 6.45) is 13.1. The molecule has 2 atom stereocenters. The van der Waals surface area contributed by atoms with Gasteiger partial charge in [-0.05, 0) is 24.8 Å². The van der Waals surface area contributed by atoms with Gasteiger partial charge < -0.3 is 42.3 Å². The predicted octanol–water partition coefficient (Wildman–Crippen LogP) is 4.98. The largest absolute Gasteiger partial charge is 0.397 e. The van der Waals surface area contributed by atoms with Crippen LogP contribution in [0.5, 0.6) is 0 Å². The molecule has 0 radical (unpaired) electrons. The molecule has 8 rings (SSSR count). The summed E-state index contributed by atoms with van der Waals surface area (Å²) >= 11 is 12.8. The number of amides is 1. The molecule has 7 heterocycles. The number of pyridine rings is 2. The van der Waals surface area contributed by atoms with Gasteiger partial charge in [0.2, 0.25) is 0 Å². The van der Waals surface area contributed by atoms with Gasteiger partial charge in [0.1, 0.15) is 11.3 Å². The van der Waals surface area contributed by atoms with Crippen LogP contribution in [0.2, 0.25) is 10.0 Å². The number of carbonyl (C=O) groups excluding carboxylic acids is 1. The van der Waals surface area contributed by atoms with Crippen molar-refractivity contribution in [1.82, 2.24) is 29.7 Å². The molecule has 9 N–H and O–H groups in total. The highest BCUT2D eigenvalue weighted by molar-refractivity contribution is 6.35. The van der Waals surface area contributed by atoms with Crippen molar-refractivity contribution in [2.75, 3.05) is 47.0 Å². The van der Waals surface area contributed by atoms with Crippen molar-refractivity contribution in [1.29, 1.82) is 0 Å². The van der Waals surface area contributed by atoms with Crippen LogP contribution in [-0.4, -0.2) is 73.9 Å². The molecule has 13 nitrogen and oxygen atoms in total. The quantitative estimate of drug-likeness (QED) is 0.139. The summed E-state index contributed by atoms with van der Waals surface area (Å²) in [5, 5.41) is 10.1. The lowest BCUT2D eigenvalue weighted by Crippen LogP contribution is -2.43. The van der Waals surface area contributed by atoms with Gasteiger partial charge >= 0.3 is 0 Å². The molecule has 254 valence electrons. The number of nitrogen functional groups attached to an aromatic ring is 1. The van der Waals surface area contributed by atoms with Gasteiger partial charge in [-0.15, -0.1) is 0 Å². The van der Waals surface area contributed by atoms with Gasteiger partial charge in [0.05, 0.1) is 74.3 Å². The first-order valence-corrected chi connectivity index (χ1v) is 17.0. The minimum Gasteiger partial charge on any atom is -0.397 e. The topological polar surface area (TPSA) is 189 Å². The first kappa shape index (κ1) is 32.7. The predicted molar refractivity (Wildman–Crippen MR) is 197 cm³/mol. The molecule has 0 saturated carbocycles. The highest BCUT2D eigenvalue weighted by Gasteiger charge is 2.26. The number of rotatable bonds is 6. The highest BCUT2D eigenvalue weighted by Crippen LogP contribution is 2.39. The fourth-order valence-corrected chi connectivity index (χ4v) is 7.11. The van der Waals surface area contributed by atoms with Gasteiger partial charge in [-0.3, -0.25) is 9.48 Å². The van der Waals surface area contributed by atoms with Crippen LogP contribution < -0.4 is 32.3 Å². The summed E-state index contributed by atoms with van der Waals surface area (Å²) in [5.74, 6) is -0.246. The van der Waals surface area contributed by atoms with Crippen LogP contribution in [0, 0.1) is 0 Å². The van der Waals surface area contributed by atoms with E-state index in [0.29, 0.717) is 45.7 Å². The van der Waals surface area contributed by atoms with Crippen molar-refractivity contribution in [3.63, 3.8) is 0 Å². The fourth-order valence-electron chi connectivity index (χ4n) is 6.59. The average molecular weight is 702 g/mol. The maximum atomic E-state index is 12.9. The number of carbonyl (C=O) groups is 1. The lowest BCUT2D eigenvalue weighted by atomic mass is 10.1. The van der Waals surface area contributed by atoms with Crippen LogP contribution in [0.1, 0.15) is 35.2 Å². The van der Waals surface area contributed by atoms with Crippen molar-refractivity contribution >= 4 is 73.9 Å². The number of hydrogen-bond acceptors (Lipinski definition) is 9. The second kappa shape index (κ2) is 14.0. The highest BCUT2D eigenvalue weighted by atomic mass is 35.5. The van der Waals surface area contributed by atoms with Crippen LogP contribution >= 0.6 is 23.2 Å². The molecule has 1 aromatic carbocycles. The Kier molecular flexibility index (Phi) is 9.32. The molecule has 2 aliphatic heterocycles. The van der Waals surface area contributed by atoms with E-state index in [1.54, 1.807) is 41.9 Å². The number of H-pyrrole nitrogens is 2. The molecule has 0 spiro atoms. The molecule has 2 fully saturated rings. The summed E-state index contributed by atoms with van der Waals surface area (Å²) in [6.45, 7) is 3.88. The molecule has 15 heteroatoms. The summed E-state index contributed by atoms with van der Waals surface area (Å²) in [6, 6.07) is 10.3. The van der Waals surface area contributed by atoms with E-state index in [-0.39, 0.29) is 18.0 Å². The Bertz CT molecular complexity index is 2090. The molecule has 2 saturated heterocycles. The van der Waals surface area contributed by atoms with E-state index in [1.165, 1.54) is 0 Å². The molecule has 0 unspecified atom stereocenters. The standard InChI is InChI=1S/C22H22ClN7O.C12H16ClN5/c23-17-9-25-21-19(20(17)29-7-6-16(24)13-29)18(10-26-21)28-22(31)15-8-27-30(12-15)11-14-4-2-1-3-5-14;13-8-4-16-12-10(9(15)5-17-12)11(8)18-3-1-2-7(14)6-18/h1-5,8-10,12,16H,6-7,11,13,24H2,(H,25,26)(H,28,31);4-5,7H,1-3,6,14-15H2,(H,16,17)/t16-;7-/m11/s1. The summed E-state index contributed by atoms with van der Waals surface area (Å²) in [7, 11) is 0. The second-order valence-electron chi connectivity index (χ2n) is 12.5. The minimum absolute atomic E-state index is 0.103. The number of nitrogens with two attached hydrogens (primary N) is 3. The Morgan fingerprint density at radius 3 is 2.22 bits per heavy atom. The molecular formula is C34H38Cl2N12O. The van der Waals surface area contributed by atoms with Crippen LogP contribution in [0.25, 0.3) is 22.1 Å². The molecule has 2 aliphatic rings. The number of hydrogen-bond donors (Lipinski definition) is 6. The molecule has 6 aromatic rings. The average Bonchev–Trinajstić information content (AvgIpc) is 3.91. The summed E-state index contributed by atoms with van der Waals surface area (Å²) in [5.41, 5.74) is 24.2. The molecule has 5 aromatic heterocycles. The number of aromatic amines is 2. The van der Waals surface area contributed by atoms with Crippen LogP contribution in [0.15, 0.2) is 67.5 Å². The normalized spacial score (nSPS) is 17.8. The monoisotopic (exact) mass is 700 g/mol. The smallest absolute Gasteiger partial charge is 0.258 e. The van der Waals surface area contributed by atoms with E-state index in [0.717, 1.165) is 72.3 Å². The third-order valence-electron chi connectivity index (χ3n) is 8.94. The van der Waals surface area contributed by atoms with Crippen LogP contribution in [-0.2, 0) is 6.54 Å². The van der Waals surface area contributed by atoms with E-state index in [9.17, 15) is 4.79 Å². The Balaban J connectivity index is 0.000000178. The van der Waals surface area contributed by atoms with Crippen LogP contribution in [0.3, 0.4) is 0 Å². The number of nitrogens with one attached hydrogen (secondary N) is 3. The maximum Gasteiger partial charge on any atom is 0.258 e. The second-order valence-corrected chi connectivity index (χ2v) is 13.3. The zero-order valence-electron chi connectivity index (χ0n) is 26.7. The van der Waals surface area contributed by atoms with Gasteiger partial charge in [0.25, 0.3) is 5.91 Å². The first-order chi connectivity index (χ1) is 23.7. The van der Waals surface area contributed by atoms with Gasteiger partial charge in [-0.2, -0.15) is 5.10 Å². The SMILES string of the molecule is N[C@@H]1CCN(c2c(Cl)cnc3[nH]cc(NC(=O)c4cnn(Cc5ccccc5)c4)c23)C1.Nc1c[nH]c2ncc(Cl)c(N3CCC[C@@H](N)C3)c12. The van der Waals surface area contributed by atoms with E-state index < -0.39 is 0 Å². The number of anilines is 4. The number of piperidine rings is 1. The zero-order chi connectivity index (χ0) is 34.1. The first-order valence-electron chi connectivity index (χ1n) is 16.2. The molecule has 49 heavy (non-hydrogen) atoms. The summed E-state index contributed by atoms with van der Waals surface area (Å²) < 4.78 is 1.74. The minimum atomic E-state index is -0.246. The van der Waals surface area contributed by atoms with Gasteiger partial charge in [-0.25, -0.2) is 9.97 Å². The fraction of sp³-hybridized carbons (Fsp3) is 0.294. The molecular weight excluding hydrogens is 663 g/mol. The Hall–Kier alpha value is -4.82. The third kappa shape index (κ3) is 6.88. The lowest BCUT2D eigenvalue weighted by Gasteiger charge is -2.33. The number of benzene rings is 1. The maximum absolute atomic E-state index is 12.9. The van der Waals surface area contributed by atoms with Gasteiger partial charge in [0.15, 0.2) is 0 Å². The van der Waals surface area contributed by atoms with Crippen molar-refractivity contribution in [2.24, 2.45) is 11.5 Å². The number of nitrogens with zero attached hydrogens (tertiary/aromatic N) is 6. The van der Waals surface area contributed by atoms with E-state index in [1.807, 2.05) is 30.3 Å². The molecule has 0 bridgehead atoms. The van der Waals surface area contributed by atoms with Crippen molar-refractivity contribution in [2.45, 2.75) is 37.9 Å². The van der Waals surface area contributed by atoms with E-state index >= 15 is 0 Å². The van der Waals surface area contributed by atoms with Crippen molar-refractivity contribution < 1.29 is 4.79 Å². The number of aromatic nitrogens is 6. The molecule has 1 amide bonds. The third-order valence-corrected chi connectivity index (χ3v) is 9.49. The Morgan fingerprint density at radius 2 is 1.53 bits per heavy atom. The van der Waals surface area contributed by atoms with Gasteiger partial charge in [-0.1, -0.05) is 53.5 Å². The van der Waals surface area contributed by atoms with E-state index in [4.69, 9.17) is 40.4 Å². The van der Waals surface area contributed by atoms with Crippen LogP contribution in [0.4, 0.5) is 22.7 Å². The number of halogens is 2.